The van der Waals surface area contributed by atoms with Crippen LogP contribution in [-0.2, 0) is 28.9 Å². The third kappa shape index (κ3) is 7.00. The van der Waals surface area contributed by atoms with Crippen LogP contribution in [0.25, 0.3) is 0 Å². The van der Waals surface area contributed by atoms with Crippen molar-refractivity contribution in [2.75, 3.05) is 19.5 Å². The molecule has 126 valence electrons. The summed E-state index contributed by atoms with van der Waals surface area (Å²) in [6.45, 7) is 2.42. The van der Waals surface area contributed by atoms with Gasteiger partial charge in [0.15, 0.2) is 13.3 Å². The van der Waals surface area contributed by atoms with Gasteiger partial charge in [-0.15, -0.1) is 0 Å². The van der Waals surface area contributed by atoms with Crippen molar-refractivity contribution in [3.63, 3.8) is 0 Å². The second-order valence-corrected chi connectivity index (χ2v) is 9.26. The van der Waals surface area contributed by atoms with Crippen LogP contribution in [0, 0.1) is 0 Å². The monoisotopic (exact) mass is 402 g/mol. The zero-order valence-electron chi connectivity index (χ0n) is 12.2. The van der Waals surface area contributed by atoms with E-state index in [1.165, 1.54) is 25.5 Å². The summed E-state index contributed by atoms with van der Waals surface area (Å²) in [5.74, 6) is 0. The molecule has 1 heterocycles. The fourth-order valence-corrected chi connectivity index (χ4v) is 5.74. The number of halogens is 1. The van der Waals surface area contributed by atoms with Gasteiger partial charge in [0.2, 0.25) is 0 Å². The fourth-order valence-electron chi connectivity index (χ4n) is 1.44. The predicted octanol–water partition coefficient (Wildman–Crippen LogP) is 2.72. The molecule has 0 amide bonds. The molecule has 1 aromatic rings. The first-order valence-electron chi connectivity index (χ1n) is 6.07. The maximum Gasteiger partial charge on any atom is 0.513 e. The minimum atomic E-state index is -3.81. The van der Waals surface area contributed by atoms with Gasteiger partial charge in [-0.2, -0.15) is 0 Å². The topological polar surface area (TPSA) is 125 Å². The highest BCUT2D eigenvalue weighted by Crippen LogP contribution is 2.59. The predicted molar refractivity (Wildman–Crippen MR) is 87.2 cm³/mol. The quantitative estimate of drug-likeness (QED) is 0.523. The normalized spacial score (nSPS) is 15.4. The molecule has 9 nitrogen and oxygen atoms in total. The standard InChI is InChI=1S/C10H13ClN2O7P3/c1-21(16)19-23(18,20-22(2)17)6-4-3-5-13-7-8(11)9(14)12-10(13)15/h3-4,7H,5-6H2,1-2H3/q+1/p+1/b4-3-. The Kier molecular flexibility index (Phi) is 7.68. The first kappa shape index (κ1) is 20.1. The Balaban J connectivity index is 2.80. The molecule has 23 heavy (non-hydrogen) atoms. The zero-order valence-corrected chi connectivity index (χ0v) is 15.6. The zero-order chi connectivity index (χ0) is 17.6. The number of hydrogen-bond acceptors (Lipinski definition) is 7. The molecule has 2 unspecified atom stereocenters. The second-order valence-electron chi connectivity index (χ2n) is 4.20. The van der Waals surface area contributed by atoms with E-state index in [1.807, 2.05) is 4.98 Å². The van der Waals surface area contributed by atoms with Crippen molar-refractivity contribution in [1.82, 2.24) is 9.55 Å². The lowest BCUT2D eigenvalue weighted by Crippen LogP contribution is -2.29. The van der Waals surface area contributed by atoms with E-state index in [2.05, 4.69) is 0 Å². The molecule has 0 aromatic carbocycles. The molecule has 0 radical (unpaired) electrons. The molecule has 0 spiro atoms. The van der Waals surface area contributed by atoms with Crippen LogP contribution >= 0.6 is 35.3 Å². The van der Waals surface area contributed by atoms with Gasteiger partial charge in [0.05, 0.1) is 6.16 Å². The minimum absolute atomic E-state index is 0.0336. The van der Waals surface area contributed by atoms with Crippen LogP contribution in [0.4, 0.5) is 0 Å². The molecule has 13 heteroatoms. The van der Waals surface area contributed by atoms with Crippen LogP contribution in [0.2, 0.25) is 5.02 Å². The Bertz CT molecular complexity index is 780. The molecule has 1 aromatic heterocycles. The van der Waals surface area contributed by atoms with Crippen LogP contribution in [-0.4, -0.2) is 29.0 Å². The highest BCUT2D eigenvalue weighted by atomic mass is 35.5. The van der Waals surface area contributed by atoms with Crippen molar-refractivity contribution in [2.45, 2.75) is 6.54 Å². The summed E-state index contributed by atoms with van der Waals surface area (Å²) in [6.07, 6.45) is 3.69. The number of nitrogens with one attached hydrogen (secondary N) is 1. The molecule has 0 aliphatic carbocycles. The second kappa shape index (κ2) is 8.78. The number of aromatic nitrogens is 2. The van der Waals surface area contributed by atoms with E-state index in [0.717, 1.165) is 10.8 Å². The van der Waals surface area contributed by atoms with E-state index in [9.17, 15) is 23.3 Å². The number of aromatic amines is 1. The number of H-pyrrole nitrogens is 1. The third-order valence-electron chi connectivity index (χ3n) is 2.24. The van der Waals surface area contributed by atoms with Crippen molar-refractivity contribution in [1.29, 1.82) is 0 Å². The number of nitrogens with zero attached hydrogens (tertiary/aromatic N) is 1. The summed E-state index contributed by atoms with van der Waals surface area (Å²) in [5, 5.41) is -0.152. The first-order valence-corrected chi connectivity index (χ1v) is 11.4. The van der Waals surface area contributed by atoms with E-state index >= 15 is 0 Å². The highest BCUT2D eigenvalue weighted by molar-refractivity contribution is 7.66. The first-order chi connectivity index (χ1) is 10.6. The molecule has 0 aliphatic rings. The fraction of sp³-hybridized carbons (Fsp3) is 0.400. The maximum absolute atomic E-state index is 12.2. The Morgan fingerprint density at radius 2 is 1.83 bits per heavy atom. The minimum Gasteiger partial charge on any atom is -0.295 e. The molecule has 1 N–H and O–H groups in total. The van der Waals surface area contributed by atoms with Crippen LogP contribution in [0.15, 0.2) is 27.9 Å². The maximum atomic E-state index is 12.2. The molecule has 0 saturated heterocycles. The van der Waals surface area contributed by atoms with Crippen molar-refractivity contribution in [2.24, 2.45) is 0 Å². The molecular formula is C10H14ClN2O7P3+2. The molecule has 0 fully saturated rings. The smallest absolute Gasteiger partial charge is 0.295 e. The van der Waals surface area contributed by atoms with E-state index in [0.29, 0.717) is 0 Å². The van der Waals surface area contributed by atoms with E-state index < -0.39 is 34.9 Å². The van der Waals surface area contributed by atoms with Gasteiger partial charge in [-0.05, 0) is 9.13 Å². The number of allylic oxidation sites excluding steroid dienone is 2. The van der Waals surface area contributed by atoms with Gasteiger partial charge in [0.1, 0.15) is 5.02 Å². The molecule has 0 bridgehead atoms. The molecule has 1 rings (SSSR count). The van der Waals surface area contributed by atoms with Crippen LogP contribution < -0.4 is 11.2 Å². The number of hydrogen-bond donors (Lipinski definition) is 1. The number of rotatable bonds is 8. The van der Waals surface area contributed by atoms with Crippen molar-refractivity contribution in [3.8, 4) is 0 Å². The Hall–Kier alpha value is -0.940. The average Bonchev–Trinajstić information content (AvgIpc) is 2.38. The van der Waals surface area contributed by atoms with Crippen molar-refractivity contribution < 1.29 is 22.3 Å². The molecule has 0 aliphatic heterocycles. The summed E-state index contributed by atoms with van der Waals surface area (Å²) >= 11 is 5.61. The van der Waals surface area contributed by atoms with Crippen LogP contribution in [0.3, 0.4) is 0 Å². The summed E-state index contributed by atoms with van der Waals surface area (Å²) in [6, 6.07) is 0. The van der Waals surface area contributed by atoms with Crippen molar-refractivity contribution >= 4 is 35.3 Å². The van der Waals surface area contributed by atoms with Gasteiger partial charge in [0.25, 0.3) is 5.56 Å². The molecular weight excluding hydrogens is 388 g/mol. The third-order valence-corrected chi connectivity index (χ3v) is 7.00. The highest BCUT2D eigenvalue weighted by Gasteiger charge is 2.39. The van der Waals surface area contributed by atoms with Crippen LogP contribution in [0.1, 0.15) is 0 Å². The summed E-state index contributed by atoms with van der Waals surface area (Å²) < 4.78 is 44.9. The van der Waals surface area contributed by atoms with E-state index in [4.69, 9.17) is 20.2 Å². The molecule has 2 atom stereocenters. The van der Waals surface area contributed by atoms with Gasteiger partial charge in [-0.25, -0.2) is 4.79 Å². The largest absolute Gasteiger partial charge is 0.513 e. The van der Waals surface area contributed by atoms with Gasteiger partial charge < -0.3 is 0 Å². The lowest BCUT2D eigenvalue weighted by Gasteiger charge is -2.02. The van der Waals surface area contributed by atoms with Gasteiger partial charge in [0, 0.05) is 12.7 Å². The van der Waals surface area contributed by atoms with E-state index in [-0.39, 0.29) is 17.7 Å². The summed E-state index contributed by atoms with van der Waals surface area (Å²) in [5.41, 5.74) is -1.35. The average molecular weight is 403 g/mol. The Morgan fingerprint density at radius 3 is 2.35 bits per heavy atom. The summed E-state index contributed by atoms with van der Waals surface area (Å²) in [7, 11) is -8.23. The SMILES string of the molecule is C[P+](=O)OP(=O)(C/C=C\Cn1cc(Cl)c(=O)[nH]c1=O)O[P+](C)=O. The molecule has 0 saturated carbocycles. The van der Waals surface area contributed by atoms with Gasteiger partial charge in [-0.3, -0.25) is 18.9 Å². The van der Waals surface area contributed by atoms with E-state index in [1.54, 1.807) is 0 Å². The van der Waals surface area contributed by atoms with Gasteiger partial charge >= 0.3 is 29.3 Å². The Labute approximate surface area is 137 Å². The summed E-state index contributed by atoms with van der Waals surface area (Å²) in [4.78, 5) is 24.6. The Morgan fingerprint density at radius 1 is 1.26 bits per heavy atom. The van der Waals surface area contributed by atoms with Crippen LogP contribution in [0.5, 0.6) is 0 Å². The lowest BCUT2D eigenvalue weighted by atomic mass is 10.5. The van der Waals surface area contributed by atoms with Gasteiger partial charge in [-0.1, -0.05) is 32.4 Å². The lowest BCUT2D eigenvalue weighted by molar-refractivity contribution is 0.397. The van der Waals surface area contributed by atoms with Crippen molar-refractivity contribution in [3.05, 3.63) is 44.2 Å².